The molecule has 0 bridgehead atoms. The fourth-order valence-electron chi connectivity index (χ4n) is 2.19. The lowest BCUT2D eigenvalue weighted by molar-refractivity contribution is -0.133. The third-order valence-corrected chi connectivity index (χ3v) is 3.91. The first-order chi connectivity index (χ1) is 9.25. The first-order valence-corrected chi connectivity index (χ1v) is 6.68. The van der Waals surface area contributed by atoms with Gasteiger partial charge >= 0.3 is 5.97 Å². The highest BCUT2D eigenvalue weighted by atomic mass is 16.4. The molecule has 2 heterocycles. The molecule has 2 rings (SSSR count). The average Bonchev–Trinajstić information content (AvgIpc) is 2.66. The van der Waals surface area contributed by atoms with Crippen LogP contribution in [0.3, 0.4) is 0 Å². The zero-order valence-corrected chi connectivity index (χ0v) is 12.1. The Balaban J connectivity index is 2.46. The van der Waals surface area contributed by atoms with Crippen LogP contribution in [-0.4, -0.2) is 34.6 Å². The maximum absolute atomic E-state index is 12.1. The van der Waals surface area contributed by atoms with Crippen LogP contribution >= 0.6 is 0 Å². The molecule has 0 aromatic rings. The second kappa shape index (κ2) is 4.85. The van der Waals surface area contributed by atoms with Gasteiger partial charge in [-0.15, -0.1) is 0 Å². The average molecular weight is 277 g/mol. The van der Waals surface area contributed by atoms with Gasteiger partial charge in [0.05, 0.1) is 5.57 Å². The minimum atomic E-state index is -1.02. The first kappa shape index (κ1) is 14.4. The Morgan fingerprint density at radius 1 is 1.55 bits per heavy atom. The Labute approximate surface area is 117 Å². The summed E-state index contributed by atoms with van der Waals surface area (Å²) in [5.74, 6) is -0.876. The standard InChI is InChI=1S/C14H19N3O3/c1-7(2)14(4)13(20)16-11(17-14)10-9(12(18)19)5-8(3)6-15-10/h6-8H,5H2,1-4H3,(H,18,19)(H,16,17,20). The lowest BCUT2D eigenvalue weighted by Gasteiger charge is -2.21. The molecule has 108 valence electrons. The van der Waals surface area contributed by atoms with Crippen molar-refractivity contribution in [3.05, 3.63) is 11.3 Å². The third-order valence-electron chi connectivity index (χ3n) is 3.91. The molecule has 6 heteroatoms. The van der Waals surface area contributed by atoms with E-state index in [4.69, 9.17) is 0 Å². The van der Waals surface area contributed by atoms with E-state index in [1.54, 1.807) is 13.1 Å². The summed E-state index contributed by atoms with van der Waals surface area (Å²) in [6.07, 6.45) is 2.09. The molecular formula is C14H19N3O3. The second-order valence-electron chi connectivity index (χ2n) is 5.81. The van der Waals surface area contributed by atoms with E-state index in [1.165, 1.54) is 0 Å². The number of nitrogens with one attached hydrogen (secondary N) is 1. The number of rotatable bonds is 3. The van der Waals surface area contributed by atoms with Crippen molar-refractivity contribution in [3.8, 4) is 0 Å². The fourth-order valence-corrected chi connectivity index (χ4v) is 2.19. The van der Waals surface area contributed by atoms with Crippen molar-refractivity contribution in [1.29, 1.82) is 0 Å². The van der Waals surface area contributed by atoms with Crippen LogP contribution < -0.4 is 5.32 Å². The lowest BCUT2D eigenvalue weighted by Crippen LogP contribution is -2.41. The van der Waals surface area contributed by atoms with Crippen molar-refractivity contribution in [1.82, 2.24) is 5.32 Å². The quantitative estimate of drug-likeness (QED) is 0.816. The molecule has 2 aliphatic heterocycles. The minimum Gasteiger partial charge on any atom is -0.478 e. The maximum atomic E-state index is 12.1. The number of aliphatic imine (C=N–C) groups is 2. The molecule has 2 N–H and O–H groups in total. The Morgan fingerprint density at radius 2 is 2.20 bits per heavy atom. The molecule has 0 aromatic heterocycles. The van der Waals surface area contributed by atoms with Gasteiger partial charge in [0.15, 0.2) is 5.84 Å². The topological polar surface area (TPSA) is 91.1 Å². The molecule has 0 fully saturated rings. The molecule has 0 spiro atoms. The number of hydrogen-bond acceptors (Lipinski definition) is 4. The summed E-state index contributed by atoms with van der Waals surface area (Å²) in [6.45, 7) is 7.46. The molecule has 2 unspecified atom stereocenters. The van der Waals surface area contributed by atoms with Crippen LogP contribution in [0.1, 0.15) is 34.1 Å². The normalized spacial score (nSPS) is 29.8. The molecule has 0 aromatic carbocycles. The van der Waals surface area contributed by atoms with Crippen molar-refractivity contribution >= 4 is 23.9 Å². The van der Waals surface area contributed by atoms with Crippen LogP contribution in [0.4, 0.5) is 0 Å². The summed E-state index contributed by atoms with van der Waals surface area (Å²) in [4.78, 5) is 32.0. The molecular weight excluding hydrogens is 258 g/mol. The molecule has 6 nitrogen and oxygen atoms in total. The van der Waals surface area contributed by atoms with E-state index in [1.807, 2.05) is 20.8 Å². The Hall–Kier alpha value is -1.98. The number of nitrogens with zero attached hydrogens (tertiary/aromatic N) is 2. The predicted octanol–water partition coefficient (Wildman–Crippen LogP) is 1.38. The summed E-state index contributed by atoms with van der Waals surface area (Å²) in [6, 6.07) is 0. The largest absolute Gasteiger partial charge is 0.478 e. The van der Waals surface area contributed by atoms with E-state index in [2.05, 4.69) is 15.3 Å². The van der Waals surface area contributed by atoms with E-state index in [9.17, 15) is 14.7 Å². The van der Waals surface area contributed by atoms with Gasteiger partial charge in [-0.2, -0.15) is 0 Å². The zero-order valence-electron chi connectivity index (χ0n) is 12.1. The third kappa shape index (κ3) is 2.26. The summed E-state index contributed by atoms with van der Waals surface area (Å²) in [5, 5.41) is 12.0. The van der Waals surface area contributed by atoms with Gasteiger partial charge in [-0.1, -0.05) is 20.8 Å². The van der Waals surface area contributed by atoms with Crippen LogP contribution in [0.5, 0.6) is 0 Å². The van der Waals surface area contributed by atoms with Crippen LogP contribution in [0.2, 0.25) is 0 Å². The number of amidine groups is 1. The summed E-state index contributed by atoms with van der Waals surface area (Å²) in [5.41, 5.74) is -0.398. The van der Waals surface area contributed by atoms with Gasteiger partial charge in [-0.3, -0.25) is 9.79 Å². The molecule has 2 atom stereocenters. The number of hydrogen-bond donors (Lipinski definition) is 2. The summed E-state index contributed by atoms with van der Waals surface area (Å²) >= 11 is 0. The Kier molecular flexibility index (Phi) is 3.50. The number of carboxylic acids is 1. The van der Waals surface area contributed by atoms with Crippen LogP contribution in [-0.2, 0) is 9.59 Å². The maximum Gasteiger partial charge on any atom is 0.333 e. The second-order valence-corrected chi connectivity index (χ2v) is 5.81. The summed E-state index contributed by atoms with van der Waals surface area (Å²) in [7, 11) is 0. The number of aliphatic carboxylic acids is 1. The van der Waals surface area contributed by atoms with Gasteiger partial charge in [0.1, 0.15) is 11.2 Å². The van der Waals surface area contributed by atoms with E-state index >= 15 is 0 Å². The van der Waals surface area contributed by atoms with Crippen LogP contribution in [0.25, 0.3) is 0 Å². The van der Waals surface area contributed by atoms with Gasteiger partial charge in [0.2, 0.25) is 0 Å². The van der Waals surface area contributed by atoms with Gasteiger partial charge in [-0.25, -0.2) is 9.79 Å². The van der Waals surface area contributed by atoms with Crippen LogP contribution in [0, 0.1) is 11.8 Å². The zero-order chi connectivity index (χ0) is 15.1. The van der Waals surface area contributed by atoms with E-state index in [0.717, 1.165) is 0 Å². The highest BCUT2D eigenvalue weighted by Gasteiger charge is 2.43. The monoisotopic (exact) mass is 277 g/mol. The van der Waals surface area contributed by atoms with E-state index < -0.39 is 11.5 Å². The number of amides is 1. The molecule has 0 saturated heterocycles. The predicted molar refractivity (Wildman–Crippen MR) is 75.8 cm³/mol. The molecule has 2 aliphatic rings. The van der Waals surface area contributed by atoms with Gasteiger partial charge < -0.3 is 10.4 Å². The van der Waals surface area contributed by atoms with Crippen molar-refractivity contribution < 1.29 is 14.7 Å². The smallest absolute Gasteiger partial charge is 0.333 e. The molecule has 0 aliphatic carbocycles. The Bertz CT molecular complexity index is 560. The summed E-state index contributed by atoms with van der Waals surface area (Å²) < 4.78 is 0. The van der Waals surface area contributed by atoms with Gasteiger partial charge in [0, 0.05) is 6.21 Å². The van der Waals surface area contributed by atoms with Crippen molar-refractivity contribution in [2.75, 3.05) is 0 Å². The van der Waals surface area contributed by atoms with Crippen molar-refractivity contribution in [2.45, 2.75) is 39.7 Å². The fraction of sp³-hybridized carbons (Fsp3) is 0.571. The van der Waals surface area contributed by atoms with Crippen molar-refractivity contribution in [2.24, 2.45) is 21.8 Å². The first-order valence-electron chi connectivity index (χ1n) is 6.68. The van der Waals surface area contributed by atoms with E-state index in [-0.39, 0.29) is 34.8 Å². The molecule has 1 amide bonds. The number of carbonyl (C=O) groups excluding carboxylic acids is 1. The lowest BCUT2D eigenvalue weighted by atomic mass is 9.89. The Morgan fingerprint density at radius 3 is 2.70 bits per heavy atom. The number of carbonyl (C=O) groups is 2. The minimum absolute atomic E-state index is 0.0142. The van der Waals surface area contributed by atoms with Crippen LogP contribution in [0.15, 0.2) is 21.3 Å². The molecule has 0 radical (unpaired) electrons. The van der Waals surface area contributed by atoms with Crippen molar-refractivity contribution in [3.63, 3.8) is 0 Å². The molecule has 20 heavy (non-hydrogen) atoms. The SMILES string of the molecule is CC1C=NC(C2=NC(C)(C(C)C)C(=O)N2)=C(C(=O)O)C1. The van der Waals surface area contributed by atoms with Gasteiger partial charge in [-0.05, 0) is 25.2 Å². The van der Waals surface area contributed by atoms with E-state index in [0.29, 0.717) is 6.42 Å². The molecule has 0 saturated carbocycles. The highest BCUT2D eigenvalue weighted by molar-refractivity contribution is 6.17. The van der Waals surface area contributed by atoms with Gasteiger partial charge in [0.25, 0.3) is 5.91 Å². The number of carboxylic acid groups (broad SMARTS) is 1. The highest BCUT2D eigenvalue weighted by Crippen LogP contribution is 2.29.